The maximum absolute atomic E-state index is 13.0. The zero-order valence-corrected chi connectivity index (χ0v) is 18.1. The van der Waals surface area contributed by atoms with Crippen LogP contribution in [0.3, 0.4) is 0 Å². The molecule has 3 rings (SSSR count). The van der Waals surface area contributed by atoms with Crippen molar-refractivity contribution < 1.29 is 27.5 Å². The van der Waals surface area contributed by atoms with E-state index >= 15 is 0 Å². The SMILES string of the molecule is CN(CC(=O)Nc1ccccc1C(F)(F)F)C(=O)CSc1nnc(N2CCOCC2)s1. The Hall–Kier alpha value is -2.38. The topological polar surface area (TPSA) is 87.7 Å². The summed E-state index contributed by atoms with van der Waals surface area (Å²) in [7, 11) is 1.41. The van der Waals surface area contributed by atoms with E-state index in [9.17, 15) is 22.8 Å². The number of nitrogens with one attached hydrogen (secondary N) is 1. The lowest BCUT2D eigenvalue weighted by molar-refractivity contribution is -0.137. The predicted octanol–water partition coefficient (Wildman–Crippen LogP) is 2.58. The highest BCUT2D eigenvalue weighted by molar-refractivity contribution is 8.01. The van der Waals surface area contributed by atoms with Gasteiger partial charge in [0.15, 0.2) is 4.34 Å². The molecule has 2 aromatic rings. The van der Waals surface area contributed by atoms with Crippen molar-refractivity contribution in [3.8, 4) is 0 Å². The molecule has 0 unspecified atom stereocenters. The van der Waals surface area contributed by atoms with E-state index in [1.54, 1.807) is 0 Å². The van der Waals surface area contributed by atoms with Crippen molar-refractivity contribution in [1.29, 1.82) is 0 Å². The number of hydrogen-bond donors (Lipinski definition) is 1. The summed E-state index contributed by atoms with van der Waals surface area (Å²) in [6, 6.07) is 4.68. The molecule has 1 fully saturated rings. The van der Waals surface area contributed by atoms with Gasteiger partial charge in [-0.2, -0.15) is 13.2 Å². The Balaban J connectivity index is 1.48. The molecule has 1 aliphatic heterocycles. The first-order valence-corrected chi connectivity index (χ1v) is 11.0. The summed E-state index contributed by atoms with van der Waals surface area (Å²) in [6.07, 6.45) is -4.59. The minimum atomic E-state index is -4.59. The summed E-state index contributed by atoms with van der Waals surface area (Å²) in [5.41, 5.74) is -1.29. The van der Waals surface area contributed by atoms with Gasteiger partial charge in [0.1, 0.15) is 0 Å². The maximum atomic E-state index is 13.0. The van der Waals surface area contributed by atoms with E-state index in [2.05, 4.69) is 20.4 Å². The molecule has 0 spiro atoms. The normalized spacial score (nSPS) is 14.4. The Morgan fingerprint density at radius 2 is 1.97 bits per heavy atom. The molecule has 1 aliphatic rings. The van der Waals surface area contributed by atoms with Crippen molar-refractivity contribution in [2.45, 2.75) is 10.5 Å². The van der Waals surface area contributed by atoms with Crippen LogP contribution < -0.4 is 10.2 Å². The fraction of sp³-hybridized carbons (Fsp3) is 0.444. The second-order valence-corrected chi connectivity index (χ2v) is 8.76. The number of amides is 2. The second-order valence-electron chi connectivity index (χ2n) is 6.58. The molecule has 0 aliphatic carbocycles. The number of alkyl halides is 3. The van der Waals surface area contributed by atoms with Crippen LogP contribution in [0.1, 0.15) is 5.56 Å². The highest BCUT2D eigenvalue weighted by Crippen LogP contribution is 2.34. The van der Waals surface area contributed by atoms with E-state index in [1.807, 2.05) is 0 Å². The Morgan fingerprint density at radius 3 is 2.68 bits per heavy atom. The lowest BCUT2D eigenvalue weighted by Gasteiger charge is -2.25. The summed E-state index contributed by atoms with van der Waals surface area (Å²) in [5, 5.41) is 11.2. The largest absolute Gasteiger partial charge is 0.418 e. The molecule has 1 saturated heterocycles. The number of nitrogens with zero attached hydrogens (tertiary/aromatic N) is 4. The van der Waals surface area contributed by atoms with Gasteiger partial charge in [-0.3, -0.25) is 9.59 Å². The van der Waals surface area contributed by atoms with E-state index < -0.39 is 17.6 Å². The number of para-hydroxylation sites is 1. The number of rotatable bonds is 7. The molecule has 2 amide bonds. The van der Waals surface area contributed by atoms with Gasteiger partial charge in [0.25, 0.3) is 0 Å². The average molecular weight is 476 g/mol. The molecule has 31 heavy (non-hydrogen) atoms. The van der Waals surface area contributed by atoms with Crippen LogP contribution in [0.4, 0.5) is 24.0 Å². The quantitative estimate of drug-likeness (QED) is 0.616. The van der Waals surface area contributed by atoms with Crippen molar-refractivity contribution in [1.82, 2.24) is 15.1 Å². The van der Waals surface area contributed by atoms with Crippen molar-refractivity contribution in [2.75, 3.05) is 55.9 Å². The van der Waals surface area contributed by atoms with Crippen LogP contribution in [0.5, 0.6) is 0 Å². The Kier molecular flexibility index (Phi) is 7.73. The number of aromatic nitrogens is 2. The highest BCUT2D eigenvalue weighted by atomic mass is 32.2. The highest BCUT2D eigenvalue weighted by Gasteiger charge is 2.33. The number of anilines is 2. The van der Waals surface area contributed by atoms with Gasteiger partial charge >= 0.3 is 6.18 Å². The minimum Gasteiger partial charge on any atom is -0.378 e. The van der Waals surface area contributed by atoms with Crippen molar-refractivity contribution in [3.63, 3.8) is 0 Å². The first-order valence-electron chi connectivity index (χ1n) is 9.23. The number of halogens is 3. The van der Waals surface area contributed by atoms with Gasteiger partial charge < -0.3 is 19.9 Å². The molecule has 1 N–H and O–H groups in total. The Morgan fingerprint density at radius 1 is 1.26 bits per heavy atom. The number of carbonyl (C=O) groups is 2. The summed E-state index contributed by atoms with van der Waals surface area (Å²) in [6.45, 7) is 2.34. The molecule has 0 bridgehead atoms. The van der Waals surface area contributed by atoms with Crippen molar-refractivity contribution >= 4 is 45.7 Å². The Bertz CT molecular complexity index is 919. The van der Waals surface area contributed by atoms with Crippen molar-refractivity contribution in [2.24, 2.45) is 0 Å². The number of morpholine rings is 1. The molecular weight excluding hydrogens is 455 g/mol. The molecule has 0 saturated carbocycles. The molecule has 0 radical (unpaired) electrons. The summed E-state index contributed by atoms with van der Waals surface area (Å²) in [4.78, 5) is 27.7. The first kappa shape index (κ1) is 23.3. The number of benzene rings is 1. The van der Waals surface area contributed by atoms with Crippen LogP contribution >= 0.6 is 23.1 Å². The number of carbonyl (C=O) groups excluding carboxylic acids is 2. The fourth-order valence-electron chi connectivity index (χ4n) is 2.71. The molecular formula is C18H20F3N5O3S2. The molecule has 1 aromatic carbocycles. The van der Waals surface area contributed by atoms with E-state index in [1.165, 1.54) is 48.3 Å². The Labute approximate surface area is 184 Å². The third-order valence-corrected chi connectivity index (χ3v) is 6.41. The van der Waals surface area contributed by atoms with Crippen LogP contribution in [0, 0.1) is 0 Å². The first-order chi connectivity index (χ1) is 14.7. The lowest BCUT2D eigenvalue weighted by Crippen LogP contribution is -2.36. The van der Waals surface area contributed by atoms with Crippen LogP contribution in [0.15, 0.2) is 28.6 Å². The molecule has 13 heteroatoms. The van der Waals surface area contributed by atoms with Crippen LogP contribution in [-0.2, 0) is 20.5 Å². The third-order valence-electron chi connectivity index (χ3n) is 4.31. The number of likely N-dealkylation sites (N-methyl/N-ethyl adjacent to an activating group) is 1. The average Bonchev–Trinajstić information content (AvgIpc) is 3.21. The summed E-state index contributed by atoms with van der Waals surface area (Å²) in [5.74, 6) is -1.05. The van der Waals surface area contributed by atoms with Gasteiger partial charge in [-0.25, -0.2) is 0 Å². The number of thioether (sulfide) groups is 1. The minimum absolute atomic E-state index is 0.0284. The standard InChI is InChI=1S/C18H20F3N5O3S2/c1-25(10-14(27)22-13-5-3-2-4-12(13)18(19,20)21)15(28)11-30-17-24-23-16(31-17)26-6-8-29-9-7-26/h2-5H,6-11H2,1H3,(H,22,27). The van der Waals surface area contributed by atoms with Gasteiger partial charge in [0.2, 0.25) is 16.9 Å². The molecule has 168 valence electrons. The van der Waals surface area contributed by atoms with Gasteiger partial charge in [-0.05, 0) is 12.1 Å². The van der Waals surface area contributed by atoms with Crippen LogP contribution in [0.25, 0.3) is 0 Å². The van der Waals surface area contributed by atoms with E-state index in [4.69, 9.17) is 4.74 Å². The summed E-state index contributed by atoms with van der Waals surface area (Å²) >= 11 is 2.56. The molecule has 2 heterocycles. The third kappa shape index (κ3) is 6.55. The monoisotopic (exact) mass is 475 g/mol. The van der Waals surface area contributed by atoms with E-state index in [0.29, 0.717) is 17.6 Å². The van der Waals surface area contributed by atoms with Crippen LogP contribution in [-0.4, -0.2) is 72.6 Å². The van der Waals surface area contributed by atoms with Gasteiger partial charge in [0.05, 0.1) is 36.8 Å². The van der Waals surface area contributed by atoms with Gasteiger partial charge in [-0.15, -0.1) is 10.2 Å². The van der Waals surface area contributed by atoms with Gasteiger partial charge in [0, 0.05) is 20.1 Å². The maximum Gasteiger partial charge on any atom is 0.418 e. The fourth-order valence-corrected chi connectivity index (χ4v) is 4.54. The molecule has 8 nitrogen and oxygen atoms in total. The van der Waals surface area contributed by atoms with E-state index in [-0.39, 0.29) is 23.9 Å². The zero-order chi connectivity index (χ0) is 22.4. The number of hydrogen-bond acceptors (Lipinski definition) is 8. The van der Waals surface area contributed by atoms with Crippen molar-refractivity contribution in [3.05, 3.63) is 29.8 Å². The van der Waals surface area contributed by atoms with Crippen LogP contribution in [0.2, 0.25) is 0 Å². The number of ether oxygens (including phenoxy) is 1. The lowest BCUT2D eigenvalue weighted by atomic mass is 10.1. The zero-order valence-electron chi connectivity index (χ0n) is 16.5. The van der Waals surface area contributed by atoms with E-state index in [0.717, 1.165) is 29.2 Å². The molecule has 0 atom stereocenters. The van der Waals surface area contributed by atoms with Gasteiger partial charge in [-0.1, -0.05) is 35.2 Å². The molecule has 1 aromatic heterocycles. The smallest absolute Gasteiger partial charge is 0.378 e. The second kappa shape index (κ2) is 10.3. The summed E-state index contributed by atoms with van der Waals surface area (Å²) < 4.78 is 45.0. The predicted molar refractivity (Wildman–Crippen MR) is 111 cm³/mol.